The first-order chi connectivity index (χ1) is 10.0. The lowest BCUT2D eigenvalue weighted by Gasteiger charge is -2.26. The Labute approximate surface area is 124 Å². The monoisotopic (exact) mass is 310 g/mol. The van der Waals surface area contributed by atoms with E-state index in [0.717, 1.165) is 5.56 Å². The Bertz CT molecular complexity index is 655. The number of rotatable bonds is 3. The van der Waals surface area contributed by atoms with Crippen molar-refractivity contribution < 1.29 is 18.3 Å². The van der Waals surface area contributed by atoms with E-state index in [4.69, 9.17) is 9.84 Å². The molecule has 0 unspecified atom stereocenters. The van der Waals surface area contributed by atoms with E-state index < -0.39 is 10.2 Å². The molecule has 1 heterocycles. The van der Waals surface area contributed by atoms with Gasteiger partial charge in [0.1, 0.15) is 6.61 Å². The molecule has 21 heavy (non-hydrogen) atoms. The van der Waals surface area contributed by atoms with Crippen LogP contribution in [-0.4, -0.2) is 50.7 Å². The van der Waals surface area contributed by atoms with Gasteiger partial charge in [-0.15, -0.1) is 0 Å². The minimum atomic E-state index is -3.58. The molecule has 1 fully saturated rings. The van der Waals surface area contributed by atoms with Gasteiger partial charge in [0, 0.05) is 18.7 Å². The van der Waals surface area contributed by atoms with Gasteiger partial charge in [-0.1, -0.05) is 11.8 Å². The molecule has 0 spiro atoms. The van der Waals surface area contributed by atoms with E-state index >= 15 is 0 Å². The lowest BCUT2D eigenvalue weighted by atomic mass is 10.1. The fraction of sp³-hybridized carbons (Fsp3) is 0.429. The number of aliphatic hydroxyl groups excluding tert-OH is 1. The van der Waals surface area contributed by atoms with Crippen LogP contribution in [0.25, 0.3) is 0 Å². The fourth-order valence-corrected chi connectivity index (χ4v) is 3.23. The first-order valence-electron chi connectivity index (χ1n) is 6.58. The van der Waals surface area contributed by atoms with Gasteiger partial charge >= 0.3 is 10.2 Å². The molecule has 1 saturated heterocycles. The lowest BCUT2D eigenvalue weighted by molar-refractivity contribution is 0.0733. The average Bonchev–Trinajstić information content (AvgIpc) is 2.45. The Hall–Kier alpha value is -1.59. The van der Waals surface area contributed by atoms with Crippen molar-refractivity contribution in [2.24, 2.45) is 0 Å². The van der Waals surface area contributed by atoms with Crippen molar-refractivity contribution in [1.29, 1.82) is 0 Å². The second kappa shape index (κ2) is 6.91. The largest absolute Gasteiger partial charge is 0.384 e. The Kier molecular flexibility index (Phi) is 5.20. The third kappa shape index (κ3) is 4.44. The Morgan fingerprint density at radius 1 is 1.33 bits per heavy atom. The maximum absolute atomic E-state index is 12.3. The number of hydrogen-bond acceptors (Lipinski definition) is 4. The lowest BCUT2D eigenvalue weighted by Crippen LogP contribution is -2.43. The minimum Gasteiger partial charge on any atom is -0.384 e. The molecule has 1 aliphatic heterocycles. The van der Waals surface area contributed by atoms with Crippen molar-refractivity contribution in [1.82, 2.24) is 4.31 Å². The molecule has 6 nitrogen and oxygen atoms in total. The van der Waals surface area contributed by atoms with Crippen LogP contribution in [-0.2, 0) is 14.9 Å². The van der Waals surface area contributed by atoms with Gasteiger partial charge in [-0.25, -0.2) is 0 Å². The number of hydrogen-bond donors (Lipinski definition) is 2. The summed E-state index contributed by atoms with van der Waals surface area (Å²) in [4.78, 5) is 0. The van der Waals surface area contributed by atoms with Crippen LogP contribution in [0.5, 0.6) is 0 Å². The average molecular weight is 310 g/mol. The zero-order chi connectivity index (χ0) is 15.3. The first kappa shape index (κ1) is 15.8. The highest BCUT2D eigenvalue weighted by Crippen LogP contribution is 2.17. The summed E-state index contributed by atoms with van der Waals surface area (Å²) in [5.74, 6) is 5.32. The number of nitrogens with zero attached hydrogens (tertiary/aromatic N) is 1. The van der Waals surface area contributed by atoms with Gasteiger partial charge in [0.05, 0.1) is 18.9 Å². The van der Waals surface area contributed by atoms with Gasteiger partial charge in [0.25, 0.3) is 0 Å². The normalized spacial score (nSPS) is 16.1. The molecule has 0 bridgehead atoms. The molecule has 0 atom stereocenters. The first-order valence-corrected chi connectivity index (χ1v) is 8.02. The van der Waals surface area contributed by atoms with E-state index in [1.165, 1.54) is 4.31 Å². The van der Waals surface area contributed by atoms with Crippen LogP contribution in [0, 0.1) is 18.8 Å². The second-order valence-corrected chi connectivity index (χ2v) is 6.34. The highest BCUT2D eigenvalue weighted by Gasteiger charge is 2.24. The predicted molar refractivity (Wildman–Crippen MR) is 80.1 cm³/mol. The highest BCUT2D eigenvalue weighted by molar-refractivity contribution is 7.90. The van der Waals surface area contributed by atoms with Crippen LogP contribution < -0.4 is 4.72 Å². The second-order valence-electron chi connectivity index (χ2n) is 4.67. The van der Waals surface area contributed by atoms with Crippen molar-refractivity contribution in [3.05, 3.63) is 29.3 Å². The molecule has 0 saturated carbocycles. The van der Waals surface area contributed by atoms with Crippen LogP contribution in [0.15, 0.2) is 18.2 Å². The quantitative estimate of drug-likeness (QED) is 0.789. The molecule has 0 aliphatic carbocycles. The van der Waals surface area contributed by atoms with Crippen LogP contribution in [0.1, 0.15) is 11.1 Å². The highest BCUT2D eigenvalue weighted by atomic mass is 32.2. The third-order valence-corrected chi connectivity index (χ3v) is 4.48. The Morgan fingerprint density at radius 2 is 2.05 bits per heavy atom. The topological polar surface area (TPSA) is 78.9 Å². The summed E-state index contributed by atoms with van der Waals surface area (Å²) in [6.07, 6.45) is 0. The predicted octanol–water partition coefficient (Wildman–Crippen LogP) is 0.328. The van der Waals surface area contributed by atoms with E-state index in [-0.39, 0.29) is 6.61 Å². The van der Waals surface area contributed by atoms with E-state index in [2.05, 4.69) is 16.6 Å². The number of aryl methyl sites for hydroxylation is 1. The van der Waals surface area contributed by atoms with Crippen molar-refractivity contribution >= 4 is 15.9 Å². The fourth-order valence-electron chi connectivity index (χ4n) is 2.06. The molecule has 0 radical (unpaired) electrons. The van der Waals surface area contributed by atoms with Crippen LogP contribution in [0.4, 0.5) is 5.69 Å². The van der Waals surface area contributed by atoms with Crippen molar-refractivity contribution in [2.75, 3.05) is 37.6 Å². The van der Waals surface area contributed by atoms with Crippen molar-refractivity contribution in [2.45, 2.75) is 6.92 Å². The van der Waals surface area contributed by atoms with Crippen molar-refractivity contribution in [3.8, 4) is 11.8 Å². The summed E-state index contributed by atoms with van der Waals surface area (Å²) in [6.45, 7) is 3.12. The van der Waals surface area contributed by atoms with E-state index in [0.29, 0.717) is 37.6 Å². The summed E-state index contributed by atoms with van der Waals surface area (Å²) in [5.41, 5.74) is 2.01. The molecular formula is C14H18N2O4S. The van der Waals surface area contributed by atoms with E-state index in [9.17, 15) is 8.42 Å². The maximum Gasteiger partial charge on any atom is 0.301 e. The van der Waals surface area contributed by atoms with Gasteiger partial charge in [-0.05, 0) is 30.7 Å². The molecule has 2 rings (SSSR count). The molecule has 0 amide bonds. The number of aliphatic hydroxyl groups is 1. The standard InChI is InChI=1S/C14H18N2O4S/c1-12-9-13(3-2-6-17)11-14(10-12)15-21(18,19)16-4-7-20-8-5-16/h9-11,15,17H,4-8H2,1H3. The maximum atomic E-state index is 12.3. The zero-order valence-corrected chi connectivity index (χ0v) is 12.6. The smallest absolute Gasteiger partial charge is 0.301 e. The number of benzene rings is 1. The van der Waals surface area contributed by atoms with Crippen molar-refractivity contribution in [3.63, 3.8) is 0 Å². The summed E-state index contributed by atoms with van der Waals surface area (Å²) >= 11 is 0. The molecule has 1 aliphatic rings. The number of nitrogens with one attached hydrogen (secondary N) is 1. The SMILES string of the molecule is Cc1cc(C#CCO)cc(NS(=O)(=O)N2CCOCC2)c1. The van der Waals surface area contributed by atoms with Crippen LogP contribution in [0.2, 0.25) is 0 Å². The zero-order valence-electron chi connectivity index (χ0n) is 11.8. The molecule has 114 valence electrons. The van der Waals surface area contributed by atoms with Gasteiger partial charge in [-0.2, -0.15) is 12.7 Å². The molecular weight excluding hydrogens is 292 g/mol. The van der Waals surface area contributed by atoms with Gasteiger partial charge in [0.2, 0.25) is 0 Å². The Balaban J connectivity index is 2.20. The van der Waals surface area contributed by atoms with E-state index in [1.54, 1.807) is 12.1 Å². The van der Waals surface area contributed by atoms with Gasteiger partial charge < -0.3 is 9.84 Å². The minimum absolute atomic E-state index is 0.233. The summed E-state index contributed by atoms with van der Waals surface area (Å²) in [6, 6.07) is 5.21. The summed E-state index contributed by atoms with van der Waals surface area (Å²) < 4.78 is 33.6. The van der Waals surface area contributed by atoms with Gasteiger partial charge in [0.15, 0.2) is 0 Å². The Morgan fingerprint density at radius 3 is 2.71 bits per heavy atom. The van der Waals surface area contributed by atoms with Gasteiger partial charge in [-0.3, -0.25) is 4.72 Å². The molecule has 7 heteroatoms. The number of morpholine rings is 1. The third-order valence-electron chi connectivity index (χ3n) is 2.95. The summed E-state index contributed by atoms with van der Waals surface area (Å²) in [7, 11) is -3.58. The molecule has 1 aromatic carbocycles. The van der Waals surface area contributed by atoms with E-state index in [1.807, 2.05) is 13.0 Å². The number of anilines is 1. The van der Waals surface area contributed by atoms with Crippen LogP contribution in [0.3, 0.4) is 0 Å². The molecule has 2 N–H and O–H groups in total. The summed E-state index contributed by atoms with van der Waals surface area (Å²) in [5, 5.41) is 8.72. The number of ether oxygens (including phenoxy) is 1. The molecule has 0 aromatic heterocycles. The molecule has 1 aromatic rings. The van der Waals surface area contributed by atoms with Crippen LogP contribution >= 0.6 is 0 Å².